The van der Waals surface area contributed by atoms with Crippen LogP contribution in [0.1, 0.15) is 31.2 Å². The van der Waals surface area contributed by atoms with Gasteiger partial charge >= 0.3 is 0 Å². The van der Waals surface area contributed by atoms with E-state index >= 15 is 0 Å². The minimum Gasteiger partial charge on any atom is -0.338 e. The summed E-state index contributed by atoms with van der Waals surface area (Å²) in [7, 11) is -1.89. The Kier molecular flexibility index (Phi) is 5.22. The molecule has 0 N–H and O–H groups in total. The summed E-state index contributed by atoms with van der Waals surface area (Å²) in [6, 6.07) is 9.60. The Labute approximate surface area is 144 Å². The van der Waals surface area contributed by atoms with Gasteiger partial charge in [0.15, 0.2) is 0 Å². The predicted octanol–water partition coefficient (Wildman–Crippen LogP) is 1.45. The van der Waals surface area contributed by atoms with Gasteiger partial charge in [0.2, 0.25) is 5.91 Å². The average molecular weight is 351 g/mol. The number of rotatable bonds is 5. The van der Waals surface area contributed by atoms with Crippen LogP contribution in [-0.4, -0.2) is 60.6 Å². The van der Waals surface area contributed by atoms with Gasteiger partial charge in [-0.25, -0.2) is 0 Å². The summed E-state index contributed by atoms with van der Waals surface area (Å²) in [5.41, 5.74) is 0.965. The van der Waals surface area contributed by atoms with Crippen molar-refractivity contribution < 1.29 is 13.2 Å². The molecular formula is C17H25N3O3S. The molecule has 2 aliphatic rings. The molecule has 24 heavy (non-hydrogen) atoms. The molecule has 0 radical (unpaired) electrons. The number of likely N-dealkylation sites (tertiary alicyclic amines) is 1. The molecule has 2 saturated heterocycles. The summed E-state index contributed by atoms with van der Waals surface area (Å²) in [5, 5.41) is 0. The number of benzene rings is 1. The predicted molar refractivity (Wildman–Crippen MR) is 92.4 cm³/mol. The largest absolute Gasteiger partial charge is 0.338 e. The van der Waals surface area contributed by atoms with E-state index < -0.39 is 10.2 Å². The van der Waals surface area contributed by atoms with Gasteiger partial charge in [-0.15, -0.1) is 0 Å². The van der Waals surface area contributed by atoms with Crippen molar-refractivity contribution in [3.05, 3.63) is 35.9 Å². The number of carbonyl (C=O) groups excluding carboxylic acids is 1. The van der Waals surface area contributed by atoms with Crippen molar-refractivity contribution in [2.75, 3.05) is 26.7 Å². The van der Waals surface area contributed by atoms with E-state index in [-0.39, 0.29) is 11.9 Å². The number of hydrogen-bond acceptors (Lipinski definition) is 3. The second-order valence-corrected chi connectivity index (χ2v) is 8.63. The molecule has 7 heteroatoms. The third-order valence-corrected chi connectivity index (χ3v) is 6.78. The van der Waals surface area contributed by atoms with Crippen molar-refractivity contribution in [3.63, 3.8) is 0 Å². The van der Waals surface area contributed by atoms with Crippen LogP contribution in [-0.2, 0) is 21.5 Å². The zero-order valence-electron chi connectivity index (χ0n) is 14.1. The first-order chi connectivity index (χ1) is 11.5. The molecule has 0 aromatic heterocycles. The monoisotopic (exact) mass is 351 g/mol. The molecule has 2 heterocycles. The maximum absolute atomic E-state index is 12.9. The first-order valence-electron chi connectivity index (χ1n) is 8.53. The summed E-state index contributed by atoms with van der Waals surface area (Å²) < 4.78 is 28.7. The van der Waals surface area contributed by atoms with Crippen molar-refractivity contribution in [2.45, 2.75) is 38.3 Å². The van der Waals surface area contributed by atoms with Crippen LogP contribution in [0.4, 0.5) is 0 Å². The minimum atomic E-state index is -3.51. The van der Waals surface area contributed by atoms with Crippen LogP contribution in [0, 0.1) is 0 Å². The van der Waals surface area contributed by atoms with E-state index in [4.69, 9.17) is 0 Å². The summed E-state index contributed by atoms with van der Waals surface area (Å²) in [6.45, 7) is 2.05. The summed E-state index contributed by atoms with van der Waals surface area (Å²) in [4.78, 5) is 13.8. The second-order valence-electron chi connectivity index (χ2n) is 6.59. The quantitative estimate of drug-likeness (QED) is 0.807. The molecule has 1 aromatic carbocycles. The van der Waals surface area contributed by atoms with E-state index in [1.54, 1.807) is 7.05 Å². The molecule has 2 aliphatic heterocycles. The number of nitrogens with zero attached hydrogens (tertiary/aromatic N) is 3. The van der Waals surface area contributed by atoms with E-state index in [0.717, 1.165) is 31.4 Å². The Morgan fingerprint density at radius 3 is 2.58 bits per heavy atom. The van der Waals surface area contributed by atoms with Crippen molar-refractivity contribution in [2.24, 2.45) is 0 Å². The highest BCUT2D eigenvalue weighted by molar-refractivity contribution is 7.86. The van der Waals surface area contributed by atoms with E-state index in [1.165, 1.54) is 8.61 Å². The number of hydrogen-bond donors (Lipinski definition) is 0. The molecule has 0 saturated carbocycles. The van der Waals surface area contributed by atoms with Crippen LogP contribution in [0.5, 0.6) is 0 Å². The lowest BCUT2D eigenvalue weighted by Gasteiger charge is -2.38. The Bertz CT molecular complexity index is 678. The van der Waals surface area contributed by atoms with Gasteiger partial charge in [0.1, 0.15) is 0 Å². The molecule has 0 aliphatic carbocycles. The molecule has 0 bridgehead atoms. The molecule has 1 atom stereocenters. The van der Waals surface area contributed by atoms with E-state index in [2.05, 4.69) is 0 Å². The summed E-state index contributed by atoms with van der Waals surface area (Å²) >= 11 is 0. The highest BCUT2D eigenvalue weighted by atomic mass is 32.2. The molecule has 0 spiro atoms. The maximum Gasteiger partial charge on any atom is 0.282 e. The summed E-state index contributed by atoms with van der Waals surface area (Å²) in [6.07, 6.45) is 3.17. The lowest BCUT2D eigenvalue weighted by molar-refractivity contribution is -0.130. The number of piperidine rings is 1. The normalized spacial score (nSPS) is 23.2. The first kappa shape index (κ1) is 17.4. The fourth-order valence-corrected chi connectivity index (χ4v) is 4.99. The second kappa shape index (κ2) is 7.21. The minimum absolute atomic E-state index is 0.0219. The zero-order chi connectivity index (χ0) is 17.2. The van der Waals surface area contributed by atoms with Crippen LogP contribution in [0.3, 0.4) is 0 Å². The van der Waals surface area contributed by atoms with Crippen molar-refractivity contribution in [1.82, 2.24) is 13.5 Å². The van der Waals surface area contributed by atoms with Gasteiger partial charge in [-0.1, -0.05) is 30.3 Å². The molecule has 3 rings (SSSR count). The average Bonchev–Trinajstić information content (AvgIpc) is 3.02. The number of amides is 1. The molecule has 1 amide bonds. The standard InChI is InChI=1S/C17H25N3O3S/c1-18(13-15-7-3-2-4-8-15)24(22,23)19-11-5-9-16(14-19)20-12-6-10-17(20)21/h2-4,7-8,16H,5-6,9-14H2,1H3. The Morgan fingerprint density at radius 2 is 1.92 bits per heavy atom. The first-order valence-corrected chi connectivity index (χ1v) is 9.93. The molecule has 6 nitrogen and oxygen atoms in total. The Morgan fingerprint density at radius 1 is 1.17 bits per heavy atom. The van der Waals surface area contributed by atoms with Gasteiger partial charge in [0.05, 0.1) is 0 Å². The topological polar surface area (TPSA) is 60.9 Å². The third-order valence-electron chi connectivity index (χ3n) is 4.88. The van der Waals surface area contributed by atoms with Gasteiger partial charge in [0, 0.05) is 45.7 Å². The molecule has 1 aromatic rings. The van der Waals surface area contributed by atoms with Gasteiger partial charge in [-0.2, -0.15) is 17.0 Å². The Balaban J connectivity index is 1.68. The number of carbonyl (C=O) groups is 1. The molecule has 2 fully saturated rings. The smallest absolute Gasteiger partial charge is 0.282 e. The van der Waals surface area contributed by atoms with Crippen LogP contribution in [0.25, 0.3) is 0 Å². The van der Waals surface area contributed by atoms with Gasteiger partial charge < -0.3 is 4.90 Å². The molecule has 132 valence electrons. The third kappa shape index (κ3) is 3.63. The fourth-order valence-electron chi connectivity index (χ4n) is 3.56. The molecule has 1 unspecified atom stereocenters. The van der Waals surface area contributed by atoms with Crippen LogP contribution in [0.15, 0.2) is 30.3 Å². The lowest BCUT2D eigenvalue weighted by Crippen LogP contribution is -2.52. The maximum atomic E-state index is 12.9. The highest BCUT2D eigenvalue weighted by Crippen LogP contribution is 2.24. The van der Waals surface area contributed by atoms with Crippen LogP contribution < -0.4 is 0 Å². The van der Waals surface area contributed by atoms with Gasteiger partial charge in [-0.3, -0.25) is 4.79 Å². The van der Waals surface area contributed by atoms with Crippen molar-refractivity contribution >= 4 is 16.1 Å². The van der Waals surface area contributed by atoms with E-state index in [1.807, 2.05) is 35.2 Å². The SMILES string of the molecule is CN(Cc1ccccc1)S(=O)(=O)N1CCCC(N2CCCC2=O)C1. The highest BCUT2D eigenvalue weighted by Gasteiger charge is 2.36. The van der Waals surface area contributed by atoms with Crippen LogP contribution in [0.2, 0.25) is 0 Å². The van der Waals surface area contributed by atoms with Crippen molar-refractivity contribution in [3.8, 4) is 0 Å². The van der Waals surface area contributed by atoms with Crippen LogP contribution >= 0.6 is 0 Å². The molecular weight excluding hydrogens is 326 g/mol. The van der Waals surface area contributed by atoms with Gasteiger partial charge in [0.25, 0.3) is 10.2 Å². The lowest BCUT2D eigenvalue weighted by atomic mass is 10.1. The van der Waals surface area contributed by atoms with Gasteiger partial charge in [-0.05, 0) is 24.8 Å². The fraction of sp³-hybridized carbons (Fsp3) is 0.588. The van der Waals surface area contributed by atoms with E-state index in [9.17, 15) is 13.2 Å². The van der Waals surface area contributed by atoms with E-state index in [0.29, 0.717) is 26.1 Å². The summed E-state index contributed by atoms with van der Waals surface area (Å²) in [5.74, 6) is 0.164. The zero-order valence-corrected chi connectivity index (χ0v) is 14.9. The Hall–Kier alpha value is -1.44. The van der Waals surface area contributed by atoms with Crippen molar-refractivity contribution in [1.29, 1.82) is 0 Å².